The van der Waals surface area contributed by atoms with Gasteiger partial charge in [-0.05, 0) is 57.9 Å². The molecule has 3 aliphatic rings. The fraction of sp³-hybridized carbons (Fsp3) is 0.677. The molecule has 42 heavy (non-hydrogen) atoms. The van der Waals surface area contributed by atoms with Gasteiger partial charge in [0.15, 0.2) is 0 Å². The van der Waals surface area contributed by atoms with Crippen molar-refractivity contribution in [3.8, 4) is 0 Å². The van der Waals surface area contributed by atoms with Crippen molar-refractivity contribution < 1.29 is 23.1 Å². The summed E-state index contributed by atoms with van der Waals surface area (Å²) in [5, 5.41) is 11.8. The Hall–Kier alpha value is -3.08. The maximum atomic E-state index is 15.1. The summed E-state index contributed by atoms with van der Waals surface area (Å²) >= 11 is 0. The lowest BCUT2D eigenvalue weighted by Crippen LogP contribution is -2.55. The number of halogens is 2. The summed E-state index contributed by atoms with van der Waals surface area (Å²) in [6.45, 7) is 8.11. The molecule has 0 radical (unpaired) electrons. The Morgan fingerprint density at radius 1 is 1.07 bits per heavy atom. The van der Waals surface area contributed by atoms with Gasteiger partial charge in [-0.2, -0.15) is 0 Å². The molecular formula is C31H44F2N6O3. The van der Waals surface area contributed by atoms with Gasteiger partial charge in [-0.1, -0.05) is 44.2 Å². The molecule has 1 aromatic carbocycles. The Morgan fingerprint density at radius 3 is 2.38 bits per heavy atom. The average molecular weight is 587 g/mol. The SMILES string of the molecule is CCOC(=O)N1CCC(C(=O)N[C@@H](CCN2[C@@H]3CC[C@H]2CC(n2c(C)nnc2C(C)C)C3)c2ccccc2)C(F)(F)C1. The van der Waals surface area contributed by atoms with Crippen LogP contribution in [0.1, 0.15) is 94.5 Å². The number of piperidine rings is 2. The van der Waals surface area contributed by atoms with Crippen molar-refractivity contribution >= 4 is 12.0 Å². The predicted molar refractivity (Wildman–Crippen MR) is 154 cm³/mol. The number of carbonyl (C=O) groups is 2. The van der Waals surface area contributed by atoms with Crippen LogP contribution in [-0.4, -0.2) is 80.8 Å². The van der Waals surface area contributed by atoms with E-state index in [2.05, 4.69) is 38.8 Å². The van der Waals surface area contributed by atoms with Crippen LogP contribution in [0.25, 0.3) is 0 Å². The molecule has 230 valence electrons. The number of fused-ring (bicyclic) bond motifs is 2. The lowest BCUT2D eigenvalue weighted by Gasteiger charge is -2.41. The normalized spacial score (nSPS) is 26.3. The van der Waals surface area contributed by atoms with E-state index in [4.69, 9.17) is 4.74 Å². The van der Waals surface area contributed by atoms with Crippen molar-refractivity contribution in [1.29, 1.82) is 0 Å². The Balaban J connectivity index is 1.25. The second-order valence-corrected chi connectivity index (χ2v) is 12.4. The van der Waals surface area contributed by atoms with Crippen molar-refractivity contribution in [3.63, 3.8) is 0 Å². The van der Waals surface area contributed by atoms with E-state index in [1.165, 1.54) is 0 Å². The second kappa shape index (κ2) is 12.7. The van der Waals surface area contributed by atoms with Gasteiger partial charge in [-0.25, -0.2) is 13.6 Å². The van der Waals surface area contributed by atoms with Gasteiger partial charge in [-0.3, -0.25) is 9.69 Å². The van der Waals surface area contributed by atoms with E-state index in [1.807, 2.05) is 37.3 Å². The Bertz CT molecular complexity index is 1220. The highest BCUT2D eigenvalue weighted by atomic mass is 19.3. The van der Waals surface area contributed by atoms with E-state index < -0.39 is 30.4 Å². The molecule has 9 nitrogen and oxygen atoms in total. The number of carbonyl (C=O) groups excluding carboxylic acids is 2. The van der Waals surface area contributed by atoms with Crippen LogP contribution in [0, 0.1) is 12.8 Å². The summed E-state index contributed by atoms with van der Waals surface area (Å²) in [4.78, 5) is 28.9. The number of hydrogen-bond acceptors (Lipinski definition) is 6. The number of rotatable bonds is 9. The van der Waals surface area contributed by atoms with Gasteiger partial charge in [0.1, 0.15) is 17.6 Å². The predicted octanol–water partition coefficient (Wildman–Crippen LogP) is 5.24. The number of amides is 2. The van der Waals surface area contributed by atoms with Crippen LogP contribution in [-0.2, 0) is 9.53 Å². The van der Waals surface area contributed by atoms with E-state index in [-0.39, 0.29) is 25.6 Å². The number of nitrogens with one attached hydrogen (secondary N) is 1. The van der Waals surface area contributed by atoms with Gasteiger partial charge in [0.05, 0.1) is 19.2 Å². The molecule has 4 heterocycles. The minimum Gasteiger partial charge on any atom is -0.450 e. The first-order valence-electron chi connectivity index (χ1n) is 15.4. The molecule has 3 aliphatic heterocycles. The maximum absolute atomic E-state index is 15.1. The van der Waals surface area contributed by atoms with Crippen molar-refractivity contribution in [1.82, 2.24) is 29.9 Å². The third kappa shape index (κ3) is 6.31. The Labute approximate surface area is 247 Å². The molecule has 2 unspecified atom stereocenters. The topological polar surface area (TPSA) is 92.6 Å². The Kier molecular flexibility index (Phi) is 9.15. The summed E-state index contributed by atoms with van der Waals surface area (Å²) in [7, 11) is 0. The highest BCUT2D eigenvalue weighted by Gasteiger charge is 2.50. The number of benzene rings is 1. The van der Waals surface area contributed by atoms with Crippen LogP contribution in [0.3, 0.4) is 0 Å². The second-order valence-electron chi connectivity index (χ2n) is 12.4. The number of hydrogen-bond donors (Lipinski definition) is 1. The number of likely N-dealkylation sites (tertiary alicyclic amines) is 1. The van der Waals surface area contributed by atoms with Crippen molar-refractivity contribution in [3.05, 3.63) is 47.5 Å². The lowest BCUT2D eigenvalue weighted by atomic mass is 9.91. The van der Waals surface area contributed by atoms with Crippen LogP contribution in [0.4, 0.5) is 13.6 Å². The van der Waals surface area contributed by atoms with Gasteiger partial charge < -0.3 is 19.5 Å². The molecule has 0 aliphatic carbocycles. The van der Waals surface area contributed by atoms with Crippen LogP contribution in [0.5, 0.6) is 0 Å². The van der Waals surface area contributed by atoms with Gasteiger partial charge in [0.25, 0.3) is 5.92 Å². The van der Waals surface area contributed by atoms with Gasteiger partial charge in [0.2, 0.25) is 5.91 Å². The molecule has 1 aromatic heterocycles. The molecule has 2 bridgehead atoms. The minimum atomic E-state index is -3.34. The first kappa shape index (κ1) is 30.4. The van der Waals surface area contributed by atoms with E-state index in [0.717, 1.165) is 54.3 Å². The zero-order valence-corrected chi connectivity index (χ0v) is 25.1. The van der Waals surface area contributed by atoms with Gasteiger partial charge in [-0.15, -0.1) is 10.2 Å². The third-order valence-electron chi connectivity index (χ3n) is 9.27. The number of aryl methyl sites for hydroxylation is 1. The van der Waals surface area contributed by atoms with Crippen LogP contribution in [0.15, 0.2) is 30.3 Å². The molecule has 2 aromatic rings. The minimum absolute atomic E-state index is 0.0608. The van der Waals surface area contributed by atoms with Crippen LogP contribution >= 0.6 is 0 Å². The molecule has 5 atom stereocenters. The molecule has 11 heteroatoms. The highest BCUT2D eigenvalue weighted by molar-refractivity contribution is 5.81. The summed E-state index contributed by atoms with van der Waals surface area (Å²) < 4.78 is 37.5. The zero-order valence-electron chi connectivity index (χ0n) is 25.1. The number of nitrogens with zero attached hydrogens (tertiary/aromatic N) is 5. The van der Waals surface area contributed by atoms with Crippen molar-refractivity contribution in [2.24, 2.45) is 5.92 Å². The molecule has 1 N–H and O–H groups in total. The number of aromatic nitrogens is 3. The Morgan fingerprint density at radius 2 is 1.76 bits per heavy atom. The summed E-state index contributed by atoms with van der Waals surface area (Å²) in [6.07, 6.45) is 4.07. The maximum Gasteiger partial charge on any atom is 0.409 e. The third-order valence-corrected chi connectivity index (χ3v) is 9.27. The summed E-state index contributed by atoms with van der Waals surface area (Å²) in [6, 6.07) is 10.4. The number of ether oxygens (including phenoxy) is 1. The summed E-state index contributed by atoms with van der Waals surface area (Å²) in [5.41, 5.74) is 0.905. The molecule has 5 rings (SSSR count). The molecular weight excluding hydrogens is 542 g/mol. The fourth-order valence-electron chi connectivity index (χ4n) is 7.24. The summed E-state index contributed by atoms with van der Waals surface area (Å²) in [5.74, 6) is -3.18. The smallest absolute Gasteiger partial charge is 0.409 e. The standard InChI is InChI=1S/C31H44F2N6O3/c1-5-42-30(41)37-15-13-26(31(32,33)19-37)29(40)34-27(22-9-7-6-8-10-22)14-16-38-23-11-12-24(38)18-25(17-23)39-21(4)35-36-28(39)20(2)3/h6-10,20,23-27H,5,11-19H2,1-4H3,(H,34,40)/t23-,24+,25?,26?,27-/m0/s1. The van der Waals surface area contributed by atoms with E-state index >= 15 is 8.78 Å². The van der Waals surface area contributed by atoms with E-state index in [9.17, 15) is 9.59 Å². The van der Waals surface area contributed by atoms with Gasteiger partial charge >= 0.3 is 6.09 Å². The molecule has 0 saturated carbocycles. The average Bonchev–Trinajstić information content (AvgIpc) is 3.45. The fourth-order valence-corrected chi connectivity index (χ4v) is 7.24. The molecule has 3 fully saturated rings. The quantitative estimate of drug-likeness (QED) is 0.432. The lowest BCUT2D eigenvalue weighted by molar-refractivity contribution is -0.150. The van der Waals surface area contributed by atoms with Crippen LogP contribution < -0.4 is 5.32 Å². The largest absolute Gasteiger partial charge is 0.450 e. The molecule has 2 amide bonds. The molecule has 0 spiro atoms. The first-order chi connectivity index (χ1) is 20.1. The zero-order chi connectivity index (χ0) is 30.0. The first-order valence-corrected chi connectivity index (χ1v) is 15.4. The highest BCUT2D eigenvalue weighted by Crippen LogP contribution is 2.42. The van der Waals surface area contributed by atoms with E-state index in [0.29, 0.717) is 30.5 Å². The van der Waals surface area contributed by atoms with Crippen molar-refractivity contribution in [2.45, 2.75) is 102 Å². The van der Waals surface area contributed by atoms with Crippen LogP contribution in [0.2, 0.25) is 0 Å². The van der Waals surface area contributed by atoms with Gasteiger partial charge in [0, 0.05) is 37.1 Å². The van der Waals surface area contributed by atoms with E-state index in [1.54, 1.807) is 6.92 Å². The monoisotopic (exact) mass is 586 g/mol. The molecule has 3 saturated heterocycles. The number of alkyl halides is 2. The van der Waals surface area contributed by atoms with Crippen molar-refractivity contribution in [2.75, 3.05) is 26.2 Å².